The molecule has 140 valence electrons. The summed E-state index contributed by atoms with van der Waals surface area (Å²) in [5.74, 6) is 1.60. The Labute approximate surface area is 154 Å². The van der Waals surface area contributed by atoms with Crippen LogP contribution in [-0.4, -0.2) is 58.4 Å². The summed E-state index contributed by atoms with van der Waals surface area (Å²) in [7, 11) is 1.94. The Kier molecular flexibility index (Phi) is 4.53. The highest BCUT2D eigenvalue weighted by Gasteiger charge is 2.29. The number of carbonyl (C=O) groups is 1. The molecule has 1 fully saturated rings. The molecule has 3 aromatic heterocycles. The molecular formula is C17H20N8O2. The van der Waals surface area contributed by atoms with Gasteiger partial charge in [-0.2, -0.15) is 5.10 Å². The van der Waals surface area contributed by atoms with Gasteiger partial charge in [0.1, 0.15) is 18.1 Å². The van der Waals surface area contributed by atoms with E-state index in [9.17, 15) is 9.59 Å². The molecule has 0 saturated carbocycles. The van der Waals surface area contributed by atoms with E-state index in [0.717, 1.165) is 30.7 Å². The van der Waals surface area contributed by atoms with Crippen LogP contribution in [0.2, 0.25) is 0 Å². The van der Waals surface area contributed by atoms with Gasteiger partial charge in [-0.1, -0.05) is 0 Å². The summed E-state index contributed by atoms with van der Waals surface area (Å²) in [5, 5.41) is 12.9. The smallest absolute Gasteiger partial charge is 0.273 e. The van der Waals surface area contributed by atoms with Crippen molar-refractivity contribution in [1.82, 2.24) is 39.4 Å². The number of rotatable bonds is 4. The van der Waals surface area contributed by atoms with Crippen molar-refractivity contribution in [2.75, 3.05) is 13.1 Å². The Hall–Kier alpha value is -3.30. The number of H-pyrrole nitrogens is 1. The third kappa shape index (κ3) is 3.50. The third-order valence-electron chi connectivity index (χ3n) is 4.83. The van der Waals surface area contributed by atoms with E-state index in [1.54, 1.807) is 15.8 Å². The Morgan fingerprint density at radius 2 is 2.26 bits per heavy atom. The van der Waals surface area contributed by atoms with Gasteiger partial charge in [0.2, 0.25) is 0 Å². The first-order valence-electron chi connectivity index (χ1n) is 8.81. The van der Waals surface area contributed by atoms with Gasteiger partial charge in [-0.3, -0.25) is 14.3 Å². The summed E-state index contributed by atoms with van der Waals surface area (Å²) < 4.78 is 3.78. The zero-order valence-electron chi connectivity index (χ0n) is 14.9. The van der Waals surface area contributed by atoms with Crippen LogP contribution >= 0.6 is 0 Å². The minimum atomic E-state index is -0.327. The van der Waals surface area contributed by atoms with Crippen LogP contribution in [0, 0.1) is 0 Å². The van der Waals surface area contributed by atoms with Gasteiger partial charge in [0.15, 0.2) is 5.82 Å². The topological polar surface area (TPSA) is 115 Å². The molecule has 1 amide bonds. The van der Waals surface area contributed by atoms with Gasteiger partial charge >= 0.3 is 0 Å². The standard InChI is InChI=1S/C17H20N8O2/c1-23-14(11-25-7-3-5-20-25)21-22-16(23)12-4-2-6-24(10-12)17(27)13-8-19-15(26)9-18-13/h3,5,7-9,12H,2,4,6,10-11H2,1H3,(H,19,26)/t12-/m1/s1. The summed E-state index contributed by atoms with van der Waals surface area (Å²) in [6, 6.07) is 1.87. The number of aromatic nitrogens is 7. The summed E-state index contributed by atoms with van der Waals surface area (Å²) in [5.41, 5.74) is -0.0838. The second-order valence-corrected chi connectivity index (χ2v) is 6.62. The molecule has 1 aliphatic heterocycles. The number of piperidine rings is 1. The fourth-order valence-electron chi connectivity index (χ4n) is 3.40. The lowest BCUT2D eigenvalue weighted by molar-refractivity contribution is 0.0697. The molecule has 10 heteroatoms. The van der Waals surface area contributed by atoms with Crippen LogP contribution in [0.4, 0.5) is 0 Å². The predicted molar refractivity (Wildman–Crippen MR) is 95.1 cm³/mol. The molecule has 4 heterocycles. The van der Waals surface area contributed by atoms with Crippen molar-refractivity contribution < 1.29 is 4.79 Å². The fraction of sp³-hybridized carbons (Fsp3) is 0.412. The molecule has 1 atom stereocenters. The highest BCUT2D eigenvalue weighted by molar-refractivity contribution is 5.92. The number of hydrogen-bond donors (Lipinski definition) is 1. The van der Waals surface area contributed by atoms with Crippen LogP contribution < -0.4 is 5.56 Å². The molecule has 0 bridgehead atoms. The van der Waals surface area contributed by atoms with Crippen molar-refractivity contribution in [1.29, 1.82) is 0 Å². The lowest BCUT2D eigenvalue weighted by Crippen LogP contribution is -2.40. The second kappa shape index (κ2) is 7.14. The molecule has 10 nitrogen and oxygen atoms in total. The maximum atomic E-state index is 12.7. The van der Waals surface area contributed by atoms with Crippen molar-refractivity contribution in [3.05, 3.63) is 58.6 Å². The summed E-state index contributed by atoms with van der Waals surface area (Å²) in [4.78, 5) is 32.0. The van der Waals surface area contributed by atoms with E-state index >= 15 is 0 Å². The van der Waals surface area contributed by atoms with Gasteiger partial charge in [-0.05, 0) is 18.9 Å². The first kappa shape index (κ1) is 17.1. The molecular weight excluding hydrogens is 348 g/mol. The van der Waals surface area contributed by atoms with Gasteiger partial charge in [0, 0.05) is 44.6 Å². The number of nitrogens with one attached hydrogen (secondary N) is 1. The third-order valence-corrected chi connectivity index (χ3v) is 4.83. The number of aromatic amines is 1. The minimum Gasteiger partial charge on any atom is -0.337 e. The lowest BCUT2D eigenvalue weighted by atomic mass is 9.97. The molecule has 0 aromatic carbocycles. The van der Waals surface area contributed by atoms with Crippen LogP contribution in [0.3, 0.4) is 0 Å². The Bertz CT molecular complexity index is 970. The Morgan fingerprint density at radius 1 is 1.37 bits per heavy atom. The number of carbonyl (C=O) groups excluding carboxylic acids is 1. The van der Waals surface area contributed by atoms with E-state index in [1.807, 2.05) is 23.9 Å². The van der Waals surface area contributed by atoms with Crippen LogP contribution in [0.5, 0.6) is 0 Å². The molecule has 0 aliphatic carbocycles. The molecule has 3 aromatic rings. The van der Waals surface area contributed by atoms with Crippen molar-refractivity contribution in [3.63, 3.8) is 0 Å². The van der Waals surface area contributed by atoms with Gasteiger partial charge in [0.25, 0.3) is 11.5 Å². The summed E-state index contributed by atoms with van der Waals surface area (Å²) >= 11 is 0. The van der Waals surface area contributed by atoms with Crippen molar-refractivity contribution >= 4 is 5.91 Å². The highest BCUT2D eigenvalue weighted by Crippen LogP contribution is 2.26. The molecule has 0 radical (unpaired) electrons. The van der Waals surface area contributed by atoms with Gasteiger partial charge in [-0.15, -0.1) is 10.2 Å². The van der Waals surface area contributed by atoms with Crippen LogP contribution in [-0.2, 0) is 13.6 Å². The lowest BCUT2D eigenvalue weighted by Gasteiger charge is -2.32. The molecule has 0 spiro atoms. The number of likely N-dealkylation sites (tertiary alicyclic amines) is 1. The van der Waals surface area contributed by atoms with E-state index in [-0.39, 0.29) is 23.1 Å². The zero-order valence-corrected chi connectivity index (χ0v) is 14.9. The summed E-state index contributed by atoms with van der Waals surface area (Å²) in [6.07, 6.45) is 7.91. The van der Waals surface area contributed by atoms with Gasteiger partial charge in [0.05, 0.1) is 6.20 Å². The van der Waals surface area contributed by atoms with Crippen molar-refractivity contribution in [2.45, 2.75) is 25.3 Å². The monoisotopic (exact) mass is 368 g/mol. The summed E-state index contributed by atoms with van der Waals surface area (Å²) in [6.45, 7) is 1.76. The fourth-order valence-corrected chi connectivity index (χ4v) is 3.40. The van der Waals surface area contributed by atoms with E-state index in [4.69, 9.17) is 0 Å². The zero-order chi connectivity index (χ0) is 18.8. The number of amides is 1. The van der Waals surface area contributed by atoms with E-state index < -0.39 is 0 Å². The van der Waals surface area contributed by atoms with Crippen LogP contribution in [0.15, 0.2) is 35.6 Å². The Balaban J connectivity index is 1.50. The maximum absolute atomic E-state index is 12.7. The minimum absolute atomic E-state index is 0.106. The number of hydrogen-bond acceptors (Lipinski definition) is 6. The molecule has 1 N–H and O–H groups in total. The second-order valence-electron chi connectivity index (χ2n) is 6.62. The predicted octanol–water partition coefficient (Wildman–Crippen LogP) is 0.163. The molecule has 27 heavy (non-hydrogen) atoms. The van der Waals surface area contributed by atoms with E-state index in [0.29, 0.717) is 19.6 Å². The van der Waals surface area contributed by atoms with Crippen LogP contribution in [0.25, 0.3) is 0 Å². The largest absolute Gasteiger partial charge is 0.337 e. The van der Waals surface area contributed by atoms with Crippen LogP contribution in [0.1, 0.15) is 40.9 Å². The van der Waals surface area contributed by atoms with E-state index in [2.05, 4.69) is 25.3 Å². The van der Waals surface area contributed by atoms with Gasteiger partial charge in [-0.25, -0.2) is 4.98 Å². The molecule has 1 aliphatic rings. The SMILES string of the molecule is Cn1c(Cn2cccn2)nnc1[C@@H]1CCCN(C(=O)c2c[nH]c(=O)cn2)C1. The van der Waals surface area contributed by atoms with Crippen molar-refractivity contribution in [2.24, 2.45) is 7.05 Å². The normalized spacial score (nSPS) is 17.2. The average molecular weight is 368 g/mol. The first-order chi connectivity index (χ1) is 13.1. The quantitative estimate of drug-likeness (QED) is 0.702. The molecule has 1 saturated heterocycles. The first-order valence-corrected chi connectivity index (χ1v) is 8.81. The van der Waals surface area contributed by atoms with Gasteiger partial charge < -0.3 is 14.5 Å². The maximum Gasteiger partial charge on any atom is 0.273 e. The van der Waals surface area contributed by atoms with Crippen molar-refractivity contribution in [3.8, 4) is 0 Å². The number of nitrogens with zero attached hydrogens (tertiary/aromatic N) is 7. The molecule has 0 unspecified atom stereocenters. The Morgan fingerprint density at radius 3 is 3.00 bits per heavy atom. The molecule has 4 rings (SSSR count). The van der Waals surface area contributed by atoms with E-state index in [1.165, 1.54) is 6.20 Å². The average Bonchev–Trinajstić information content (AvgIpc) is 3.33. The highest BCUT2D eigenvalue weighted by atomic mass is 16.2.